The number of carbonyl (C=O) groups excluding carboxylic acids is 1. The quantitative estimate of drug-likeness (QED) is 0.754. The number of hydrogen-bond acceptors (Lipinski definition) is 2. The van der Waals surface area contributed by atoms with Crippen LogP contribution in [0.1, 0.15) is 54.9 Å². The van der Waals surface area contributed by atoms with Crippen molar-refractivity contribution in [1.82, 2.24) is 0 Å². The van der Waals surface area contributed by atoms with E-state index in [1.807, 2.05) is 6.07 Å². The Balaban J connectivity index is 1.89. The van der Waals surface area contributed by atoms with Crippen LogP contribution in [-0.4, -0.2) is 18.9 Å². The van der Waals surface area contributed by atoms with E-state index in [9.17, 15) is 9.18 Å². The zero-order chi connectivity index (χ0) is 15.0. The predicted molar refractivity (Wildman–Crippen MR) is 83.4 cm³/mol. The van der Waals surface area contributed by atoms with Gasteiger partial charge < -0.3 is 4.90 Å². The molecule has 2 nitrogen and oxygen atoms in total. The second-order valence-electron chi connectivity index (χ2n) is 6.71. The van der Waals surface area contributed by atoms with Crippen molar-refractivity contribution in [2.75, 3.05) is 18.0 Å². The van der Waals surface area contributed by atoms with Gasteiger partial charge in [-0.25, -0.2) is 4.39 Å². The molecular formula is C18H24FNO. The van der Waals surface area contributed by atoms with E-state index < -0.39 is 0 Å². The first kappa shape index (κ1) is 14.6. The van der Waals surface area contributed by atoms with Gasteiger partial charge in [0, 0.05) is 24.3 Å². The van der Waals surface area contributed by atoms with E-state index in [4.69, 9.17) is 0 Å². The van der Waals surface area contributed by atoms with E-state index in [1.54, 1.807) is 6.92 Å². The van der Waals surface area contributed by atoms with E-state index >= 15 is 0 Å². The molecule has 0 amide bonds. The van der Waals surface area contributed by atoms with Gasteiger partial charge in [-0.15, -0.1) is 0 Å². The molecule has 0 N–H and O–H groups in total. The number of anilines is 1. The van der Waals surface area contributed by atoms with Gasteiger partial charge in [0.25, 0.3) is 0 Å². The van der Waals surface area contributed by atoms with Crippen molar-refractivity contribution in [3.05, 3.63) is 29.1 Å². The Morgan fingerprint density at radius 1 is 1.19 bits per heavy atom. The van der Waals surface area contributed by atoms with Gasteiger partial charge in [-0.2, -0.15) is 0 Å². The van der Waals surface area contributed by atoms with Crippen molar-refractivity contribution < 1.29 is 9.18 Å². The molecule has 0 radical (unpaired) electrons. The number of ketones is 1. The first-order valence-electron chi connectivity index (χ1n) is 8.12. The second kappa shape index (κ2) is 5.78. The average Bonchev–Trinajstić information content (AvgIpc) is 2.49. The molecule has 1 aliphatic heterocycles. The fourth-order valence-electron chi connectivity index (χ4n) is 4.03. The normalized spacial score (nSPS) is 25.6. The molecule has 0 aromatic heterocycles. The van der Waals surface area contributed by atoms with Gasteiger partial charge in [0.2, 0.25) is 0 Å². The number of aryl methyl sites for hydroxylation is 1. The zero-order valence-electron chi connectivity index (χ0n) is 13.0. The van der Waals surface area contributed by atoms with E-state index in [2.05, 4.69) is 4.90 Å². The van der Waals surface area contributed by atoms with Gasteiger partial charge in [-0.3, -0.25) is 4.79 Å². The van der Waals surface area contributed by atoms with Gasteiger partial charge >= 0.3 is 0 Å². The third-order valence-corrected chi connectivity index (χ3v) is 5.29. The van der Waals surface area contributed by atoms with Crippen LogP contribution in [0.25, 0.3) is 0 Å². The maximum Gasteiger partial charge on any atom is 0.161 e. The Kier molecular flexibility index (Phi) is 4.01. The minimum Gasteiger partial charge on any atom is -0.371 e. The number of piperidine rings is 1. The molecule has 114 valence electrons. The lowest BCUT2D eigenvalue weighted by Gasteiger charge is -2.42. The highest BCUT2D eigenvalue weighted by Gasteiger charge is 2.32. The highest BCUT2D eigenvalue weighted by molar-refractivity contribution is 6.00. The molecule has 2 unspecified atom stereocenters. The minimum absolute atomic E-state index is 0.0466. The van der Waals surface area contributed by atoms with Crippen molar-refractivity contribution in [3.8, 4) is 0 Å². The summed E-state index contributed by atoms with van der Waals surface area (Å²) < 4.78 is 13.8. The van der Waals surface area contributed by atoms with Crippen LogP contribution in [0, 0.1) is 24.6 Å². The maximum atomic E-state index is 13.8. The van der Waals surface area contributed by atoms with Crippen LogP contribution in [0.4, 0.5) is 10.1 Å². The third kappa shape index (κ3) is 2.83. The summed E-state index contributed by atoms with van der Waals surface area (Å²) in [7, 11) is 0. The summed E-state index contributed by atoms with van der Waals surface area (Å²) in [6.07, 6.45) is 6.57. The molecule has 1 heterocycles. The average molecular weight is 289 g/mol. The summed E-state index contributed by atoms with van der Waals surface area (Å²) in [4.78, 5) is 14.2. The molecule has 2 aliphatic rings. The minimum atomic E-state index is -0.281. The lowest BCUT2D eigenvalue weighted by Crippen LogP contribution is -2.42. The van der Waals surface area contributed by atoms with Crippen LogP contribution in [-0.2, 0) is 0 Å². The molecule has 0 spiro atoms. The van der Waals surface area contributed by atoms with E-state index in [1.165, 1.54) is 45.1 Å². The van der Waals surface area contributed by atoms with Crippen molar-refractivity contribution >= 4 is 11.5 Å². The van der Waals surface area contributed by atoms with Gasteiger partial charge in [-0.05, 0) is 56.2 Å². The van der Waals surface area contributed by atoms with Crippen molar-refractivity contribution in [2.45, 2.75) is 46.0 Å². The summed E-state index contributed by atoms with van der Waals surface area (Å²) in [5, 5.41) is 0. The largest absolute Gasteiger partial charge is 0.371 e. The summed E-state index contributed by atoms with van der Waals surface area (Å²) >= 11 is 0. The Bertz CT molecular complexity index is 554. The summed E-state index contributed by atoms with van der Waals surface area (Å²) in [5.41, 5.74) is 2.10. The molecule has 2 atom stereocenters. The van der Waals surface area contributed by atoms with Crippen LogP contribution in [0.3, 0.4) is 0 Å². The van der Waals surface area contributed by atoms with E-state index in [-0.39, 0.29) is 11.6 Å². The molecule has 1 aromatic carbocycles. The summed E-state index contributed by atoms with van der Waals surface area (Å²) in [6.45, 7) is 5.32. The fraction of sp³-hybridized carbons (Fsp3) is 0.611. The van der Waals surface area contributed by atoms with Crippen LogP contribution >= 0.6 is 0 Å². The highest BCUT2D eigenvalue weighted by atomic mass is 19.1. The standard InChI is InChI=1S/C18H24FNO/c1-12-9-18(16(13(2)21)10-17(12)19)20-8-7-14-5-3-4-6-15(14)11-20/h9-10,14-15H,3-8,11H2,1-2H3. The molecule has 1 saturated heterocycles. The molecule has 3 rings (SSSR count). The van der Waals surface area contributed by atoms with Gasteiger partial charge in [-0.1, -0.05) is 19.3 Å². The monoisotopic (exact) mass is 289 g/mol. The Hall–Kier alpha value is -1.38. The Morgan fingerprint density at radius 2 is 1.90 bits per heavy atom. The number of nitrogens with zero attached hydrogens (tertiary/aromatic N) is 1. The molecule has 0 bridgehead atoms. The molecule has 21 heavy (non-hydrogen) atoms. The van der Waals surface area contributed by atoms with Crippen LogP contribution in [0.5, 0.6) is 0 Å². The number of Topliss-reactive ketones (excluding diaryl/α,β-unsaturated/α-hetero) is 1. The molecule has 3 heteroatoms. The Labute approximate surface area is 126 Å². The lowest BCUT2D eigenvalue weighted by atomic mass is 9.75. The number of rotatable bonds is 2. The van der Waals surface area contributed by atoms with E-state index in [0.717, 1.165) is 30.6 Å². The third-order valence-electron chi connectivity index (χ3n) is 5.29. The molecular weight excluding hydrogens is 265 g/mol. The van der Waals surface area contributed by atoms with Gasteiger partial charge in [0.05, 0.1) is 0 Å². The van der Waals surface area contributed by atoms with E-state index in [0.29, 0.717) is 11.1 Å². The van der Waals surface area contributed by atoms with Crippen molar-refractivity contribution in [2.24, 2.45) is 11.8 Å². The van der Waals surface area contributed by atoms with Crippen LogP contribution in [0.15, 0.2) is 12.1 Å². The molecule has 2 fully saturated rings. The number of fused-ring (bicyclic) bond motifs is 1. The number of halogens is 1. The fourth-order valence-corrected chi connectivity index (χ4v) is 4.03. The first-order chi connectivity index (χ1) is 10.1. The van der Waals surface area contributed by atoms with Crippen molar-refractivity contribution in [1.29, 1.82) is 0 Å². The second-order valence-corrected chi connectivity index (χ2v) is 6.71. The van der Waals surface area contributed by atoms with Crippen molar-refractivity contribution in [3.63, 3.8) is 0 Å². The number of hydrogen-bond donors (Lipinski definition) is 0. The smallest absolute Gasteiger partial charge is 0.161 e. The zero-order valence-corrected chi connectivity index (χ0v) is 13.0. The topological polar surface area (TPSA) is 20.3 Å². The van der Waals surface area contributed by atoms with Crippen LogP contribution < -0.4 is 4.90 Å². The van der Waals surface area contributed by atoms with Gasteiger partial charge in [0.15, 0.2) is 5.78 Å². The molecule has 1 aliphatic carbocycles. The Morgan fingerprint density at radius 3 is 2.62 bits per heavy atom. The van der Waals surface area contributed by atoms with Crippen LogP contribution in [0.2, 0.25) is 0 Å². The first-order valence-corrected chi connectivity index (χ1v) is 8.12. The predicted octanol–water partition coefficient (Wildman–Crippen LogP) is 4.35. The SMILES string of the molecule is CC(=O)c1cc(F)c(C)cc1N1CCC2CCCCC2C1. The maximum absolute atomic E-state index is 13.8. The highest BCUT2D eigenvalue weighted by Crippen LogP contribution is 2.38. The lowest BCUT2D eigenvalue weighted by molar-refractivity contribution is 0.101. The van der Waals surface area contributed by atoms with Gasteiger partial charge in [0.1, 0.15) is 5.82 Å². The summed E-state index contributed by atoms with van der Waals surface area (Å²) in [6, 6.07) is 3.27. The number of benzene rings is 1. The molecule has 1 aromatic rings. The number of carbonyl (C=O) groups is 1. The molecule has 1 saturated carbocycles. The summed E-state index contributed by atoms with van der Waals surface area (Å²) in [5.74, 6) is 1.28.